The van der Waals surface area contributed by atoms with Crippen LogP contribution in [0.1, 0.15) is 21.7 Å². The highest BCUT2D eigenvalue weighted by molar-refractivity contribution is 5.87. The second-order valence-corrected chi connectivity index (χ2v) is 4.01. The monoisotopic (exact) mass is 261 g/mol. The number of ether oxygens (including phenoxy) is 1. The Hall–Kier alpha value is -2.43. The number of benzene rings is 1. The predicted octanol–water partition coefficient (Wildman–Crippen LogP) is 2.81. The summed E-state index contributed by atoms with van der Waals surface area (Å²) in [6.45, 7) is 1.98. The van der Waals surface area contributed by atoms with Crippen molar-refractivity contribution in [2.24, 2.45) is 0 Å². The number of pyridine rings is 1. The Labute approximate surface area is 109 Å². The van der Waals surface area contributed by atoms with Crippen LogP contribution in [0.4, 0.5) is 4.39 Å². The van der Waals surface area contributed by atoms with Crippen LogP contribution >= 0.6 is 0 Å². The molecule has 0 saturated carbocycles. The van der Waals surface area contributed by atoms with Crippen LogP contribution in [-0.4, -0.2) is 16.1 Å². The molecule has 2 aromatic rings. The number of carboxylic acid groups (broad SMARTS) is 1. The van der Waals surface area contributed by atoms with E-state index in [0.717, 1.165) is 11.8 Å². The van der Waals surface area contributed by atoms with Gasteiger partial charge in [-0.25, -0.2) is 9.18 Å². The van der Waals surface area contributed by atoms with Crippen LogP contribution in [0.15, 0.2) is 36.4 Å². The van der Waals surface area contributed by atoms with E-state index < -0.39 is 11.8 Å². The van der Waals surface area contributed by atoms with Crippen molar-refractivity contribution < 1.29 is 19.0 Å². The van der Waals surface area contributed by atoms with Crippen LogP contribution in [-0.2, 0) is 6.61 Å². The maximum absolute atomic E-state index is 13.6. The number of nitrogens with zero attached hydrogens (tertiary/aromatic N) is 1. The fraction of sp³-hybridized carbons (Fsp3) is 0.143. The molecule has 0 aliphatic carbocycles. The number of aromatic carboxylic acids is 1. The van der Waals surface area contributed by atoms with E-state index in [0.29, 0.717) is 5.69 Å². The lowest BCUT2D eigenvalue weighted by molar-refractivity contribution is 0.0696. The van der Waals surface area contributed by atoms with Gasteiger partial charge in [-0.05, 0) is 37.3 Å². The second-order valence-electron chi connectivity index (χ2n) is 4.01. The Balaban J connectivity index is 2.10. The van der Waals surface area contributed by atoms with Gasteiger partial charge in [0.05, 0.1) is 11.3 Å². The van der Waals surface area contributed by atoms with Crippen LogP contribution in [0, 0.1) is 12.7 Å². The van der Waals surface area contributed by atoms with E-state index in [2.05, 4.69) is 4.98 Å². The summed E-state index contributed by atoms with van der Waals surface area (Å²) >= 11 is 0. The average molecular weight is 261 g/mol. The van der Waals surface area contributed by atoms with Crippen LogP contribution in [0.25, 0.3) is 0 Å². The summed E-state index contributed by atoms with van der Waals surface area (Å²) in [6, 6.07) is 8.99. The van der Waals surface area contributed by atoms with Crippen molar-refractivity contribution in [2.75, 3.05) is 0 Å². The van der Waals surface area contributed by atoms with Gasteiger partial charge >= 0.3 is 5.97 Å². The lowest BCUT2D eigenvalue weighted by Gasteiger charge is -2.07. The summed E-state index contributed by atoms with van der Waals surface area (Å²) in [6.07, 6.45) is 0. The van der Waals surface area contributed by atoms with Crippen molar-refractivity contribution in [3.05, 3.63) is 59.2 Å². The third kappa shape index (κ3) is 3.28. The lowest BCUT2D eigenvalue weighted by Crippen LogP contribution is -2.02. The first kappa shape index (κ1) is 13.0. The van der Waals surface area contributed by atoms with Gasteiger partial charge in [-0.2, -0.15) is 0 Å². The third-order valence-corrected chi connectivity index (χ3v) is 2.50. The minimum atomic E-state index is -1.18. The normalized spacial score (nSPS) is 10.2. The Kier molecular flexibility index (Phi) is 3.75. The number of hydrogen-bond donors (Lipinski definition) is 1. The van der Waals surface area contributed by atoms with Gasteiger partial charge in [-0.15, -0.1) is 0 Å². The van der Waals surface area contributed by atoms with Crippen LogP contribution < -0.4 is 4.74 Å². The largest absolute Gasteiger partial charge is 0.484 e. The molecule has 0 unspecified atom stereocenters. The van der Waals surface area contributed by atoms with E-state index >= 15 is 0 Å². The molecule has 5 heteroatoms. The van der Waals surface area contributed by atoms with E-state index in [-0.39, 0.29) is 17.9 Å². The minimum Gasteiger partial charge on any atom is -0.484 e. The number of aromatic nitrogens is 1. The smallest absolute Gasteiger partial charge is 0.335 e. The molecular formula is C14H12FNO3. The third-order valence-electron chi connectivity index (χ3n) is 2.50. The summed E-state index contributed by atoms with van der Waals surface area (Å²) < 4.78 is 18.9. The fourth-order valence-corrected chi connectivity index (χ4v) is 1.58. The van der Waals surface area contributed by atoms with Crippen molar-refractivity contribution in [3.63, 3.8) is 0 Å². The SMILES string of the molecule is Cc1cccc(COc2ccc(C(=O)O)cc2F)n1. The molecule has 0 saturated heterocycles. The highest BCUT2D eigenvalue weighted by Gasteiger charge is 2.09. The Morgan fingerprint density at radius 3 is 2.79 bits per heavy atom. The molecule has 0 amide bonds. The second kappa shape index (κ2) is 5.48. The van der Waals surface area contributed by atoms with E-state index in [4.69, 9.17) is 9.84 Å². The molecule has 4 nitrogen and oxygen atoms in total. The van der Waals surface area contributed by atoms with Gasteiger partial charge in [-0.3, -0.25) is 4.98 Å². The molecule has 19 heavy (non-hydrogen) atoms. The van der Waals surface area contributed by atoms with Crippen molar-refractivity contribution in [2.45, 2.75) is 13.5 Å². The highest BCUT2D eigenvalue weighted by atomic mass is 19.1. The van der Waals surface area contributed by atoms with Gasteiger partial charge in [0.25, 0.3) is 0 Å². The molecular weight excluding hydrogens is 249 g/mol. The number of carbonyl (C=O) groups is 1. The predicted molar refractivity (Wildman–Crippen MR) is 66.7 cm³/mol. The van der Waals surface area contributed by atoms with Crippen LogP contribution in [0.2, 0.25) is 0 Å². The zero-order chi connectivity index (χ0) is 13.8. The standard InChI is InChI=1S/C14H12FNO3/c1-9-3-2-4-11(16-9)8-19-13-6-5-10(14(17)18)7-12(13)15/h2-7H,8H2,1H3,(H,17,18). The molecule has 2 rings (SSSR count). The Morgan fingerprint density at radius 2 is 2.16 bits per heavy atom. The molecule has 1 N–H and O–H groups in total. The Morgan fingerprint density at radius 1 is 1.37 bits per heavy atom. The average Bonchev–Trinajstić information content (AvgIpc) is 2.37. The van der Waals surface area contributed by atoms with Gasteiger partial charge in [-0.1, -0.05) is 6.07 Å². The van der Waals surface area contributed by atoms with E-state index in [1.807, 2.05) is 19.1 Å². The lowest BCUT2D eigenvalue weighted by atomic mass is 10.2. The highest BCUT2D eigenvalue weighted by Crippen LogP contribution is 2.19. The quantitative estimate of drug-likeness (QED) is 0.919. The molecule has 0 aliphatic rings. The Bertz CT molecular complexity index is 613. The number of rotatable bonds is 4. The first-order chi connectivity index (χ1) is 9.06. The molecule has 0 fully saturated rings. The number of hydrogen-bond acceptors (Lipinski definition) is 3. The van der Waals surface area contributed by atoms with Crippen molar-refractivity contribution in [1.29, 1.82) is 0 Å². The van der Waals surface area contributed by atoms with Crippen molar-refractivity contribution in [3.8, 4) is 5.75 Å². The fourth-order valence-electron chi connectivity index (χ4n) is 1.58. The molecule has 98 valence electrons. The summed E-state index contributed by atoms with van der Waals surface area (Å²) in [5.74, 6) is -1.87. The molecule has 0 atom stereocenters. The van der Waals surface area contributed by atoms with Gasteiger partial charge < -0.3 is 9.84 Å². The number of aryl methyl sites for hydroxylation is 1. The number of carboxylic acids is 1. The van der Waals surface area contributed by atoms with Crippen LogP contribution in [0.3, 0.4) is 0 Å². The zero-order valence-electron chi connectivity index (χ0n) is 10.3. The zero-order valence-corrected chi connectivity index (χ0v) is 10.3. The molecule has 1 aromatic heterocycles. The molecule has 0 radical (unpaired) electrons. The molecule has 0 aliphatic heterocycles. The summed E-state index contributed by atoms with van der Waals surface area (Å²) in [7, 11) is 0. The van der Waals surface area contributed by atoms with Gasteiger partial charge in [0.15, 0.2) is 11.6 Å². The van der Waals surface area contributed by atoms with E-state index in [1.54, 1.807) is 6.07 Å². The molecule has 1 aromatic carbocycles. The van der Waals surface area contributed by atoms with Gasteiger partial charge in [0.2, 0.25) is 0 Å². The first-order valence-corrected chi connectivity index (χ1v) is 5.64. The molecule has 1 heterocycles. The number of halogens is 1. The summed E-state index contributed by atoms with van der Waals surface area (Å²) in [4.78, 5) is 14.9. The molecule has 0 bridgehead atoms. The van der Waals surface area contributed by atoms with E-state index in [9.17, 15) is 9.18 Å². The van der Waals surface area contributed by atoms with E-state index in [1.165, 1.54) is 12.1 Å². The maximum atomic E-state index is 13.6. The molecule has 0 spiro atoms. The van der Waals surface area contributed by atoms with Crippen molar-refractivity contribution in [1.82, 2.24) is 4.98 Å². The van der Waals surface area contributed by atoms with Crippen LogP contribution in [0.5, 0.6) is 5.75 Å². The van der Waals surface area contributed by atoms with Crippen molar-refractivity contribution >= 4 is 5.97 Å². The first-order valence-electron chi connectivity index (χ1n) is 5.64. The summed E-state index contributed by atoms with van der Waals surface area (Å²) in [5, 5.41) is 8.72. The maximum Gasteiger partial charge on any atom is 0.335 e. The van der Waals surface area contributed by atoms with Gasteiger partial charge in [0.1, 0.15) is 6.61 Å². The summed E-state index contributed by atoms with van der Waals surface area (Å²) in [5.41, 5.74) is 1.42. The topological polar surface area (TPSA) is 59.4 Å². The minimum absolute atomic E-state index is 0.00769. The van der Waals surface area contributed by atoms with Gasteiger partial charge in [0, 0.05) is 5.69 Å².